The molecule has 4 aromatic rings. The summed E-state index contributed by atoms with van der Waals surface area (Å²) in [6.45, 7) is 0.758. The highest BCUT2D eigenvalue weighted by Gasteiger charge is 2.09. The predicted octanol–water partition coefficient (Wildman–Crippen LogP) is 6.38. The molecule has 0 aliphatic heterocycles. The molecule has 0 atom stereocenters. The summed E-state index contributed by atoms with van der Waals surface area (Å²) in [6, 6.07) is 16.9. The Morgan fingerprint density at radius 2 is 1.90 bits per heavy atom. The van der Waals surface area contributed by atoms with Gasteiger partial charge in [-0.15, -0.1) is 22.7 Å². The third-order valence-corrected chi connectivity index (χ3v) is 6.12. The smallest absolute Gasteiger partial charge is 0.0642 e. The molecule has 1 nitrogen and oxygen atoms in total. The van der Waals surface area contributed by atoms with Crippen LogP contribution >= 0.6 is 34.3 Å². The van der Waals surface area contributed by atoms with Crippen LogP contribution in [-0.2, 0) is 6.54 Å². The Hall–Kier alpha value is -1.55. The van der Waals surface area contributed by atoms with Crippen LogP contribution in [0, 0.1) is 0 Å². The van der Waals surface area contributed by atoms with Crippen LogP contribution in [0.1, 0.15) is 4.88 Å². The molecule has 2 aromatic heterocycles. The van der Waals surface area contributed by atoms with Crippen LogP contribution in [0.2, 0.25) is 5.02 Å². The molecular weight excluding hydrogens is 318 g/mol. The van der Waals surface area contributed by atoms with Gasteiger partial charge in [-0.3, -0.25) is 0 Å². The van der Waals surface area contributed by atoms with Gasteiger partial charge in [-0.1, -0.05) is 29.8 Å². The number of anilines is 1. The van der Waals surface area contributed by atoms with Crippen molar-refractivity contribution in [2.75, 3.05) is 5.32 Å². The Morgan fingerprint density at radius 3 is 2.81 bits per heavy atom. The minimum absolute atomic E-state index is 0.758. The Labute approximate surface area is 135 Å². The summed E-state index contributed by atoms with van der Waals surface area (Å²) in [7, 11) is 0. The predicted molar refractivity (Wildman–Crippen MR) is 96.0 cm³/mol. The zero-order chi connectivity index (χ0) is 14.2. The quantitative estimate of drug-likeness (QED) is 0.459. The Morgan fingerprint density at radius 1 is 1.00 bits per heavy atom. The number of hydrogen-bond acceptors (Lipinski definition) is 3. The zero-order valence-corrected chi connectivity index (χ0v) is 13.5. The fourth-order valence-electron chi connectivity index (χ4n) is 2.44. The molecule has 0 aliphatic rings. The monoisotopic (exact) mass is 329 g/mol. The molecule has 2 aromatic carbocycles. The Bertz CT molecular complexity index is 923. The minimum Gasteiger partial charge on any atom is -0.380 e. The standard InChI is InChI=1S/C17H12ClNS2/c18-17-13-3-1-2-4-15(13)21-16(17)10-19-12-5-6-14-11(9-12)7-8-20-14/h1-9,19H,10H2. The van der Waals surface area contributed by atoms with Crippen molar-refractivity contribution in [3.8, 4) is 0 Å². The molecule has 0 bridgehead atoms. The first-order valence-corrected chi connectivity index (χ1v) is 8.76. The van der Waals surface area contributed by atoms with Gasteiger partial charge in [0.15, 0.2) is 0 Å². The van der Waals surface area contributed by atoms with E-state index in [0.29, 0.717) is 0 Å². The lowest BCUT2D eigenvalue weighted by Gasteiger charge is -2.05. The molecule has 0 fully saturated rings. The van der Waals surface area contributed by atoms with Crippen molar-refractivity contribution in [3.05, 3.63) is 63.8 Å². The summed E-state index contributed by atoms with van der Waals surface area (Å²) in [6.07, 6.45) is 0. The third-order valence-electron chi connectivity index (χ3n) is 3.51. The molecule has 4 heteroatoms. The SMILES string of the molecule is Clc1c(CNc2ccc3sccc3c2)sc2ccccc12. The van der Waals surface area contributed by atoms with E-state index in [4.69, 9.17) is 11.6 Å². The van der Waals surface area contributed by atoms with Crippen LogP contribution in [0.3, 0.4) is 0 Å². The van der Waals surface area contributed by atoms with Gasteiger partial charge in [0.05, 0.1) is 11.6 Å². The van der Waals surface area contributed by atoms with Crippen molar-refractivity contribution in [2.45, 2.75) is 6.54 Å². The summed E-state index contributed by atoms with van der Waals surface area (Å²) >= 11 is 10.00. The van der Waals surface area contributed by atoms with Gasteiger partial charge in [0.25, 0.3) is 0 Å². The first kappa shape index (κ1) is 13.1. The first-order chi connectivity index (χ1) is 10.3. The molecule has 104 valence electrons. The number of rotatable bonds is 3. The lowest BCUT2D eigenvalue weighted by molar-refractivity contribution is 1.20. The van der Waals surface area contributed by atoms with Crippen molar-refractivity contribution < 1.29 is 0 Å². The van der Waals surface area contributed by atoms with E-state index in [2.05, 4.69) is 53.2 Å². The fraction of sp³-hybridized carbons (Fsp3) is 0.0588. The number of halogens is 1. The second kappa shape index (κ2) is 5.34. The zero-order valence-electron chi connectivity index (χ0n) is 11.1. The van der Waals surface area contributed by atoms with Gasteiger partial charge in [-0.2, -0.15) is 0 Å². The summed E-state index contributed by atoms with van der Waals surface area (Å²) in [5.41, 5.74) is 1.13. The largest absolute Gasteiger partial charge is 0.380 e. The Balaban J connectivity index is 1.61. The molecule has 0 saturated heterocycles. The lowest BCUT2D eigenvalue weighted by Crippen LogP contribution is -1.97. The maximum Gasteiger partial charge on any atom is 0.0642 e. The van der Waals surface area contributed by atoms with Gasteiger partial charge in [0.1, 0.15) is 0 Å². The Kier molecular flexibility index (Phi) is 3.34. The van der Waals surface area contributed by atoms with Gasteiger partial charge in [-0.25, -0.2) is 0 Å². The number of benzene rings is 2. The maximum absolute atomic E-state index is 6.47. The van der Waals surface area contributed by atoms with Gasteiger partial charge in [0, 0.05) is 25.4 Å². The van der Waals surface area contributed by atoms with Crippen LogP contribution < -0.4 is 5.32 Å². The van der Waals surface area contributed by atoms with E-state index in [9.17, 15) is 0 Å². The second-order valence-electron chi connectivity index (χ2n) is 4.86. The van der Waals surface area contributed by atoms with Gasteiger partial charge >= 0.3 is 0 Å². The van der Waals surface area contributed by atoms with Gasteiger partial charge < -0.3 is 5.32 Å². The third kappa shape index (κ3) is 2.42. The van der Waals surface area contributed by atoms with Gasteiger partial charge in [-0.05, 0) is 41.1 Å². The second-order valence-corrected chi connectivity index (χ2v) is 7.32. The average Bonchev–Trinajstić information content (AvgIpc) is 3.10. The summed E-state index contributed by atoms with van der Waals surface area (Å²) in [5.74, 6) is 0. The van der Waals surface area contributed by atoms with E-state index in [1.54, 1.807) is 22.7 Å². The maximum atomic E-state index is 6.47. The molecule has 0 spiro atoms. The number of hydrogen-bond donors (Lipinski definition) is 1. The van der Waals surface area contributed by atoms with Crippen LogP contribution in [-0.4, -0.2) is 0 Å². The van der Waals surface area contributed by atoms with Crippen molar-refractivity contribution in [1.82, 2.24) is 0 Å². The summed E-state index contributed by atoms with van der Waals surface area (Å²) in [4.78, 5) is 1.18. The van der Waals surface area contributed by atoms with E-state index < -0.39 is 0 Å². The van der Waals surface area contributed by atoms with Crippen LogP contribution in [0.4, 0.5) is 5.69 Å². The highest BCUT2D eigenvalue weighted by Crippen LogP contribution is 2.35. The summed E-state index contributed by atoms with van der Waals surface area (Å²) < 4.78 is 2.56. The highest BCUT2D eigenvalue weighted by molar-refractivity contribution is 7.19. The van der Waals surface area contributed by atoms with E-state index in [1.807, 2.05) is 6.07 Å². The van der Waals surface area contributed by atoms with Crippen LogP contribution in [0.25, 0.3) is 20.2 Å². The number of nitrogens with one attached hydrogen (secondary N) is 1. The molecule has 4 rings (SSSR count). The molecule has 0 amide bonds. The fourth-order valence-corrected chi connectivity index (χ4v) is 4.65. The normalized spacial score (nSPS) is 11.3. The molecule has 0 aliphatic carbocycles. The van der Waals surface area contributed by atoms with E-state index in [0.717, 1.165) is 22.6 Å². The molecule has 1 N–H and O–H groups in total. The molecule has 21 heavy (non-hydrogen) atoms. The van der Waals surface area contributed by atoms with E-state index in [-0.39, 0.29) is 0 Å². The molecule has 0 unspecified atom stereocenters. The molecular formula is C17H12ClNS2. The number of fused-ring (bicyclic) bond motifs is 2. The lowest BCUT2D eigenvalue weighted by atomic mass is 10.2. The topological polar surface area (TPSA) is 12.0 Å². The van der Waals surface area contributed by atoms with E-state index in [1.165, 1.54) is 19.7 Å². The molecule has 0 saturated carbocycles. The van der Waals surface area contributed by atoms with Crippen molar-refractivity contribution >= 4 is 60.1 Å². The first-order valence-electron chi connectivity index (χ1n) is 6.68. The summed E-state index contributed by atoms with van der Waals surface area (Å²) in [5, 5.41) is 8.90. The van der Waals surface area contributed by atoms with Gasteiger partial charge in [0.2, 0.25) is 0 Å². The molecule has 0 radical (unpaired) electrons. The minimum atomic E-state index is 0.758. The number of thiophene rings is 2. The van der Waals surface area contributed by atoms with Crippen LogP contribution in [0.15, 0.2) is 53.9 Å². The van der Waals surface area contributed by atoms with Crippen molar-refractivity contribution in [1.29, 1.82) is 0 Å². The highest BCUT2D eigenvalue weighted by atomic mass is 35.5. The van der Waals surface area contributed by atoms with E-state index >= 15 is 0 Å². The van der Waals surface area contributed by atoms with Crippen molar-refractivity contribution in [3.63, 3.8) is 0 Å². The molecule has 2 heterocycles. The average molecular weight is 330 g/mol. The van der Waals surface area contributed by atoms with Crippen molar-refractivity contribution in [2.24, 2.45) is 0 Å². The van der Waals surface area contributed by atoms with Crippen LogP contribution in [0.5, 0.6) is 0 Å².